The van der Waals surface area contributed by atoms with E-state index in [1.54, 1.807) is 19.1 Å². The Bertz CT molecular complexity index is 703. The summed E-state index contributed by atoms with van der Waals surface area (Å²) in [5.74, 6) is -1.65. The Morgan fingerprint density at radius 3 is 2.28 bits per heavy atom. The average molecular weight is 344 g/mol. The molecule has 3 saturated heterocycles. The first-order valence-electron chi connectivity index (χ1n) is 8.53. The van der Waals surface area contributed by atoms with E-state index in [-0.39, 0.29) is 24.0 Å². The lowest BCUT2D eigenvalue weighted by atomic mass is 9.81. The van der Waals surface area contributed by atoms with Gasteiger partial charge in [0.2, 0.25) is 0 Å². The third-order valence-corrected chi connectivity index (χ3v) is 5.21. The minimum absolute atomic E-state index is 0.199. The second kappa shape index (κ2) is 5.84. The molecule has 7 heteroatoms. The second-order valence-electron chi connectivity index (χ2n) is 6.90. The van der Waals surface area contributed by atoms with E-state index in [0.29, 0.717) is 5.75 Å². The molecule has 4 rings (SSSR count). The zero-order valence-electron chi connectivity index (χ0n) is 14.1. The van der Waals surface area contributed by atoms with Crippen molar-refractivity contribution in [2.45, 2.75) is 45.0 Å². The molecule has 3 aliphatic rings. The predicted octanol–water partition coefficient (Wildman–Crippen LogP) is 0.956. The maximum absolute atomic E-state index is 12.5. The Morgan fingerprint density at radius 1 is 1.16 bits per heavy atom. The van der Waals surface area contributed by atoms with Crippen molar-refractivity contribution in [1.29, 1.82) is 0 Å². The number of hydrogen-bond acceptors (Lipinski definition) is 5. The summed E-state index contributed by atoms with van der Waals surface area (Å²) in [6, 6.07) is 7.30. The summed E-state index contributed by atoms with van der Waals surface area (Å²) < 4.78 is 11.2. The van der Waals surface area contributed by atoms with Gasteiger partial charge in [-0.05, 0) is 38.8 Å². The molecular formula is C18H20N2O5. The molecule has 2 bridgehead atoms. The number of hydrazine groups is 1. The van der Waals surface area contributed by atoms with Crippen molar-refractivity contribution in [3.63, 3.8) is 0 Å². The maximum atomic E-state index is 12.5. The number of ether oxygens (including phenoxy) is 2. The lowest BCUT2D eigenvalue weighted by Crippen LogP contribution is -2.51. The number of rotatable bonds is 4. The minimum Gasteiger partial charge on any atom is -0.481 e. The molecule has 3 fully saturated rings. The summed E-state index contributed by atoms with van der Waals surface area (Å²) >= 11 is 0. The topological polar surface area (TPSA) is 84.9 Å². The highest BCUT2D eigenvalue weighted by Gasteiger charge is 2.63. The van der Waals surface area contributed by atoms with E-state index in [4.69, 9.17) is 9.47 Å². The summed E-state index contributed by atoms with van der Waals surface area (Å²) in [6.07, 6.45) is 0.347. The summed E-state index contributed by atoms with van der Waals surface area (Å²) in [4.78, 5) is 37.4. The quantitative estimate of drug-likeness (QED) is 0.822. The normalized spacial score (nSPS) is 31.2. The molecule has 5 atom stereocenters. The fraction of sp³-hybridized carbons (Fsp3) is 0.500. The number of hydrogen-bond donors (Lipinski definition) is 1. The number of carbonyl (C=O) groups excluding carboxylic acids is 3. The van der Waals surface area contributed by atoms with Gasteiger partial charge in [-0.1, -0.05) is 17.7 Å². The number of benzene rings is 1. The van der Waals surface area contributed by atoms with Gasteiger partial charge in [0.15, 0.2) is 6.10 Å². The van der Waals surface area contributed by atoms with Gasteiger partial charge in [0.25, 0.3) is 17.7 Å². The third-order valence-electron chi connectivity index (χ3n) is 5.21. The van der Waals surface area contributed by atoms with E-state index >= 15 is 0 Å². The summed E-state index contributed by atoms with van der Waals surface area (Å²) in [5, 5.41) is 0.862. The van der Waals surface area contributed by atoms with Gasteiger partial charge in [0, 0.05) is 0 Å². The standard InChI is InChI=1S/C18H20N2O5/c1-9-3-5-11(6-4-9)24-10(2)16(21)19-20-17(22)14-12-7-8-13(25-12)15(14)18(20)23/h3-6,10,12-15H,7-8H2,1-2H3,(H,19,21)/t10-,12-,13+,14+,15-/m0/s1. The largest absolute Gasteiger partial charge is 0.481 e. The first-order chi connectivity index (χ1) is 12.0. The summed E-state index contributed by atoms with van der Waals surface area (Å²) in [6.45, 7) is 3.53. The highest BCUT2D eigenvalue weighted by Crippen LogP contribution is 2.47. The molecule has 0 aliphatic carbocycles. The van der Waals surface area contributed by atoms with E-state index in [1.165, 1.54) is 0 Å². The lowest BCUT2D eigenvalue weighted by Gasteiger charge is -2.21. The number of amides is 3. The lowest BCUT2D eigenvalue weighted by molar-refractivity contribution is -0.153. The van der Waals surface area contributed by atoms with Crippen LogP contribution in [-0.2, 0) is 19.1 Å². The van der Waals surface area contributed by atoms with Crippen LogP contribution in [-0.4, -0.2) is 41.0 Å². The van der Waals surface area contributed by atoms with E-state index < -0.39 is 23.8 Å². The van der Waals surface area contributed by atoms with Crippen LogP contribution in [0.1, 0.15) is 25.3 Å². The highest BCUT2D eigenvalue weighted by molar-refractivity contribution is 6.07. The number of nitrogens with one attached hydrogen (secondary N) is 1. The Balaban J connectivity index is 1.41. The van der Waals surface area contributed by atoms with Crippen molar-refractivity contribution in [2.24, 2.45) is 11.8 Å². The van der Waals surface area contributed by atoms with Gasteiger partial charge in [-0.2, -0.15) is 5.01 Å². The highest BCUT2D eigenvalue weighted by atomic mass is 16.5. The van der Waals surface area contributed by atoms with Crippen molar-refractivity contribution in [3.8, 4) is 5.75 Å². The summed E-state index contributed by atoms with van der Waals surface area (Å²) in [7, 11) is 0. The zero-order valence-corrected chi connectivity index (χ0v) is 14.1. The Hall–Kier alpha value is -2.41. The number of carbonyl (C=O) groups is 3. The van der Waals surface area contributed by atoms with Crippen molar-refractivity contribution in [2.75, 3.05) is 0 Å². The van der Waals surface area contributed by atoms with Crippen molar-refractivity contribution >= 4 is 17.7 Å². The molecule has 0 aromatic heterocycles. The van der Waals surface area contributed by atoms with Gasteiger partial charge in [-0.25, -0.2) is 0 Å². The van der Waals surface area contributed by atoms with Crippen LogP contribution in [0, 0.1) is 18.8 Å². The molecule has 1 aromatic carbocycles. The van der Waals surface area contributed by atoms with E-state index in [9.17, 15) is 14.4 Å². The molecular weight excluding hydrogens is 324 g/mol. The van der Waals surface area contributed by atoms with Crippen LogP contribution in [0.5, 0.6) is 5.75 Å². The van der Waals surface area contributed by atoms with Crippen molar-refractivity contribution in [3.05, 3.63) is 29.8 Å². The maximum Gasteiger partial charge on any atom is 0.279 e. The summed E-state index contributed by atoms with van der Waals surface area (Å²) in [5.41, 5.74) is 3.51. The first kappa shape index (κ1) is 16.1. The van der Waals surface area contributed by atoms with Crippen LogP contribution in [0.25, 0.3) is 0 Å². The second-order valence-corrected chi connectivity index (χ2v) is 6.90. The number of nitrogens with zero attached hydrogens (tertiary/aromatic N) is 1. The molecule has 1 aromatic rings. The molecule has 0 unspecified atom stereocenters. The smallest absolute Gasteiger partial charge is 0.279 e. The van der Waals surface area contributed by atoms with Gasteiger partial charge >= 0.3 is 0 Å². The SMILES string of the molecule is Cc1ccc(O[C@@H](C)C(=O)NN2C(=O)[C@@H]3[C@H](C2=O)[C@@H]2CC[C@H]3O2)cc1. The molecule has 7 nitrogen and oxygen atoms in total. The van der Waals surface area contributed by atoms with E-state index in [1.807, 2.05) is 19.1 Å². The molecule has 0 saturated carbocycles. The van der Waals surface area contributed by atoms with Gasteiger partial charge in [-0.3, -0.25) is 19.8 Å². The van der Waals surface area contributed by atoms with Gasteiger partial charge < -0.3 is 9.47 Å². The first-order valence-corrected chi connectivity index (χ1v) is 8.53. The molecule has 132 valence electrons. The van der Waals surface area contributed by atoms with Gasteiger partial charge in [-0.15, -0.1) is 0 Å². The predicted molar refractivity (Wildman–Crippen MR) is 86.1 cm³/mol. The van der Waals surface area contributed by atoms with Gasteiger partial charge in [0.1, 0.15) is 5.75 Å². The zero-order chi connectivity index (χ0) is 17.7. The molecule has 3 heterocycles. The van der Waals surface area contributed by atoms with Crippen LogP contribution in [0.4, 0.5) is 0 Å². The fourth-order valence-electron chi connectivity index (χ4n) is 3.90. The van der Waals surface area contributed by atoms with Crippen LogP contribution in [0.3, 0.4) is 0 Å². The molecule has 3 amide bonds. The van der Waals surface area contributed by atoms with Gasteiger partial charge in [0.05, 0.1) is 24.0 Å². The Morgan fingerprint density at radius 2 is 1.72 bits per heavy atom. The molecule has 25 heavy (non-hydrogen) atoms. The Kier molecular flexibility index (Phi) is 3.76. The number of imide groups is 1. The molecule has 3 aliphatic heterocycles. The van der Waals surface area contributed by atoms with Crippen LogP contribution >= 0.6 is 0 Å². The van der Waals surface area contributed by atoms with Crippen LogP contribution < -0.4 is 10.2 Å². The van der Waals surface area contributed by atoms with Crippen molar-refractivity contribution < 1.29 is 23.9 Å². The number of aryl methyl sites for hydroxylation is 1. The van der Waals surface area contributed by atoms with Crippen LogP contribution in [0.2, 0.25) is 0 Å². The molecule has 0 spiro atoms. The van der Waals surface area contributed by atoms with E-state index in [0.717, 1.165) is 23.4 Å². The number of fused-ring (bicyclic) bond motifs is 5. The van der Waals surface area contributed by atoms with Crippen molar-refractivity contribution in [1.82, 2.24) is 10.4 Å². The third kappa shape index (κ3) is 2.59. The Labute approximate surface area is 145 Å². The average Bonchev–Trinajstić information content (AvgIpc) is 3.26. The van der Waals surface area contributed by atoms with E-state index in [2.05, 4.69) is 5.43 Å². The minimum atomic E-state index is -0.836. The molecule has 0 radical (unpaired) electrons. The molecule has 1 N–H and O–H groups in total. The fourth-order valence-corrected chi connectivity index (χ4v) is 3.90. The monoisotopic (exact) mass is 344 g/mol. The van der Waals surface area contributed by atoms with Crippen LogP contribution in [0.15, 0.2) is 24.3 Å².